The van der Waals surface area contributed by atoms with Crippen molar-refractivity contribution in [2.75, 3.05) is 11.0 Å². The van der Waals surface area contributed by atoms with Gasteiger partial charge in [0, 0.05) is 0 Å². The summed E-state index contributed by atoms with van der Waals surface area (Å²) in [7, 11) is -3.21. The quantitative estimate of drug-likeness (QED) is 0.876. The van der Waals surface area contributed by atoms with Crippen molar-refractivity contribution < 1.29 is 13.2 Å². The molecule has 0 aliphatic heterocycles. The minimum Gasteiger partial charge on any atom is -0.490 e. The summed E-state index contributed by atoms with van der Waals surface area (Å²) < 4.78 is 30.2. The van der Waals surface area contributed by atoms with E-state index < -0.39 is 10.0 Å². The van der Waals surface area contributed by atoms with Crippen LogP contribution in [0.1, 0.15) is 18.4 Å². The number of aryl methyl sites for hydroxylation is 1. The van der Waals surface area contributed by atoms with Crippen LogP contribution in [-0.2, 0) is 10.0 Å². The fourth-order valence-corrected chi connectivity index (χ4v) is 2.03. The predicted octanol–water partition coefficient (Wildman–Crippen LogP) is 1.91. The van der Waals surface area contributed by atoms with Crippen LogP contribution < -0.4 is 9.46 Å². The van der Waals surface area contributed by atoms with Crippen molar-refractivity contribution in [3.63, 3.8) is 0 Å². The molecule has 0 aromatic heterocycles. The Balaban J connectivity index is 2.15. The number of rotatable bonds is 4. The van der Waals surface area contributed by atoms with Gasteiger partial charge in [0.25, 0.3) is 0 Å². The molecule has 0 bridgehead atoms. The highest BCUT2D eigenvalue weighted by atomic mass is 32.2. The molecule has 4 nitrogen and oxygen atoms in total. The van der Waals surface area contributed by atoms with Crippen LogP contribution in [0.5, 0.6) is 5.75 Å². The Kier molecular flexibility index (Phi) is 2.80. The smallest absolute Gasteiger partial charge is 0.229 e. The second-order valence-electron chi connectivity index (χ2n) is 4.17. The van der Waals surface area contributed by atoms with E-state index in [0.717, 1.165) is 30.4 Å². The van der Waals surface area contributed by atoms with Crippen LogP contribution in [0.2, 0.25) is 0 Å². The van der Waals surface area contributed by atoms with Crippen molar-refractivity contribution in [3.05, 3.63) is 23.8 Å². The number of ether oxygens (including phenoxy) is 1. The Bertz CT molecular complexity index is 492. The molecule has 0 atom stereocenters. The van der Waals surface area contributed by atoms with Crippen molar-refractivity contribution in [1.29, 1.82) is 0 Å². The molecule has 1 aromatic carbocycles. The molecule has 1 aliphatic rings. The average Bonchev–Trinajstić information content (AvgIpc) is 2.92. The molecule has 0 spiro atoms. The van der Waals surface area contributed by atoms with Crippen LogP contribution in [0, 0.1) is 6.92 Å². The normalized spacial score (nSPS) is 15.9. The molecule has 0 heterocycles. The highest BCUT2D eigenvalue weighted by molar-refractivity contribution is 7.92. The fourth-order valence-electron chi connectivity index (χ4n) is 1.40. The topological polar surface area (TPSA) is 55.4 Å². The number of benzene rings is 1. The summed E-state index contributed by atoms with van der Waals surface area (Å²) in [6, 6.07) is 5.37. The van der Waals surface area contributed by atoms with Crippen molar-refractivity contribution in [2.24, 2.45) is 0 Å². The van der Waals surface area contributed by atoms with E-state index in [0.29, 0.717) is 11.8 Å². The van der Waals surface area contributed by atoms with Gasteiger partial charge >= 0.3 is 0 Å². The number of sulfonamides is 1. The van der Waals surface area contributed by atoms with Crippen molar-refractivity contribution in [3.8, 4) is 5.75 Å². The summed E-state index contributed by atoms with van der Waals surface area (Å²) >= 11 is 0. The molecule has 0 unspecified atom stereocenters. The number of hydrogen-bond acceptors (Lipinski definition) is 3. The van der Waals surface area contributed by atoms with E-state index in [-0.39, 0.29) is 0 Å². The van der Waals surface area contributed by atoms with Gasteiger partial charge in [-0.25, -0.2) is 8.42 Å². The van der Waals surface area contributed by atoms with E-state index in [9.17, 15) is 8.42 Å². The summed E-state index contributed by atoms with van der Waals surface area (Å²) in [5.41, 5.74) is 1.47. The Morgan fingerprint density at radius 2 is 2.06 bits per heavy atom. The monoisotopic (exact) mass is 241 g/mol. The fraction of sp³-hybridized carbons (Fsp3) is 0.455. The maximum Gasteiger partial charge on any atom is 0.229 e. The summed E-state index contributed by atoms with van der Waals surface area (Å²) in [4.78, 5) is 0. The van der Waals surface area contributed by atoms with Gasteiger partial charge in [0.05, 0.1) is 18.0 Å². The van der Waals surface area contributed by atoms with Gasteiger partial charge in [-0.05, 0) is 43.5 Å². The third-order valence-corrected chi connectivity index (χ3v) is 2.91. The zero-order chi connectivity index (χ0) is 11.8. The molecular formula is C11H15NO3S. The van der Waals surface area contributed by atoms with E-state index in [1.54, 1.807) is 12.1 Å². The van der Waals surface area contributed by atoms with Crippen molar-refractivity contribution >= 4 is 15.7 Å². The summed E-state index contributed by atoms with van der Waals surface area (Å²) in [6.07, 6.45) is 3.72. The minimum atomic E-state index is -3.21. The first-order chi connectivity index (χ1) is 7.44. The molecular weight excluding hydrogens is 226 g/mol. The Hall–Kier alpha value is -1.23. The maximum absolute atomic E-state index is 11.1. The Morgan fingerprint density at radius 3 is 2.56 bits per heavy atom. The molecule has 0 radical (unpaired) electrons. The third-order valence-electron chi connectivity index (χ3n) is 2.32. The van der Waals surface area contributed by atoms with E-state index >= 15 is 0 Å². The first-order valence-electron chi connectivity index (χ1n) is 5.19. The molecule has 2 rings (SSSR count). The Morgan fingerprint density at radius 1 is 1.38 bits per heavy atom. The summed E-state index contributed by atoms with van der Waals surface area (Å²) in [6.45, 7) is 1.85. The van der Waals surface area contributed by atoms with Gasteiger partial charge in [0.15, 0.2) is 0 Å². The molecule has 1 aliphatic carbocycles. The second-order valence-corrected chi connectivity index (χ2v) is 5.92. The van der Waals surface area contributed by atoms with Gasteiger partial charge in [-0.1, -0.05) is 0 Å². The SMILES string of the molecule is Cc1cc(OC2CC2)ccc1NS(C)(=O)=O. The van der Waals surface area contributed by atoms with Crippen LogP contribution in [0.25, 0.3) is 0 Å². The zero-order valence-electron chi connectivity index (χ0n) is 9.36. The molecule has 1 N–H and O–H groups in total. The van der Waals surface area contributed by atoms with Crippen molar-refractivity contribution in [2.45, 2.75) is 25.9 Å². The van der Waals surface area contributed by atoms with E-state index in [1.807, 2.05) is 13.0 Å². The number of hydrogen-bond donors (Lipinski definition) is 1. The molecule has 1 aromatic rings. The minimum absolute atomic E-state index is 0.355. The Labute approximate surface area is 95.7 Å². The van der Waals surface area contributed by atoms with Crippen LogP contribution in [-0.4, -0.2) is 20.8 Å². The summed E-state index contributed by atoms with van der Waals surface area (Å²) in [5, 5.41) is 0. The first kappa shape index (κ1) is 11.3. The summed E-state index contributed by atoms with van der Waals surface area (Å²) in [5.74, 6) is 0.805. The molecule has 88 valence electrons. The van der Waals surface area contributed by atoms with E-state index in [1.165, 1.54) is 0 Å². The average molecular weight is 241 g/mol. The lowest BCUT2D eigenvalue weighted by Gasteiger charge is -2.10. The van der Waals surface area contributed by atoms with Crippen LogP contribution in [0.3, 0.4) is 0 Å². The zero-order valence-corrected chi connectivity index (χ0v) is 10.2. The van der Waals surface area contributed by atoms with Crippen LogP contribution >= 0.6 is 0 Å². The van der Waals surface area contributed by atoms with Gasteiger partial charge in [-0.15, -0.1) is 0 Å². The predicted molar refractivity (Wildman–Crippen MR) is 63.3 cm³/mol. The lowest BCUT2D eigenvalue weighted by atomic mass is 10.2. The first-order valence-corrected chi connectivity index (χ1v) is 7.08. The molecule has 1 fully saturated rings. The molecule has 5 heteroatoms. The third kappa shape index (κ3) is 3.13. The highest BCUT2D eigenvalue weighted by Crippen LogP contribution is 2.29. The van der Waals surface area contributed by atoms with E-state index in [2.05, 4.69) is 4.72 Å². The lowest BCUT2D eigenvalue weighted by molar-refractivity contribution is 0.303. The van der Waals surface area contributed by atoms with Crippen LogP contribution in [0.15, 0.2) is 18.2 Å². The van der Waals surface area contributed by atoms with Crippen LogP contribution in [0.4, 0.5) is 5.69 Å². The van der Waals surface area contributed by atoms with Crippen molar-refractivity contribution in [1.82, 2.24) is 0 Å². The lowest BCUT2D eigenvalue weighted by Crippen LogP contribution is -2.10. The van der Waals surface area contributed by atoms with Gasteiger partial charge in [0.2, 0.25) is 10.0 Å². The largest absolute Gasteiger partial charge is 0.490 e. The standard InChI is InChI=1S/C11H15NO3S/c1-8-7-10(15-9-3-4-9)5-6-11(8)12-16(2,13)14/h5-7,9,12H,3-4H2,1-2H3. The molecule has 0 amide bonds. The van der Waals surface area contributed by atoms with Gasteiger partial charge in [-0.2, -0.15) is 0 Å². The number of anilines is 1. The van der Waals surface area contributed by atoms with E-state index in [4.69, 9.17) is 4.74 Å². The highest BCUT2D eigenvalue weighted by Gasteiger charge is 2.23. The molecule has 1 saturated carbocycles. The van der Waals surface area contributed by atoms with Gasteiger partial charge in [-0.3, -0.25) is 4.72 Å². The maximum atomic E-state index is 11.1. The van der Waals surface area contributed by atoms with Gasteiger partial charge < -0.3 is 4.74 Å². The van der Waals surface area contributed by atoms with Gasteiger partial charge in [0.1, 0.15) is 5.75 Å². The number of nitrogens with one attached hydrogen (secondary N) is 1. The molecule has 0 saturated heterocycles. The molecule has 16 heavy (non-hydrogen) atoms. The second kappa shape index (κ2) is 3.97.